The fraction of sp³-hybridized carbons (Fsp3) is 0.200. The number of hydrogen-bond donors (Lipinski definition) is 1. The monoisotopic (exact) mass is 218 g/mol. The SMILES string of the molecule is CCc1[nH]nc(-c2cccnc2)c1[N+](=O)[O-]. The van der Waals surface area contributed by atoms with Crippen LogP contribution in [0, 0.1) is 10.1 Å². The van der Waals surface area contributed by atoms with Crippen LogP contribution in [0.25, 0.3) is 11.3 Å². The summed E-state index contributed by atoms with van der Waals surface area (Å²) < 4.78 is 0. The Morgan fingerprint density at radius 1 is 1.56 bits per heavy atom. The molecule has 0 radical (unpaired) electrons. The van der Waals surface area contributed by atoms with Crippen molar-refractivity contribution in [3.05, 3.63) is 40.3 Å². The highest BCUT2D eigenvalue weighted by Gasteiger charge is 2.23. The zero-order valence-electron chi connectivity index (χ0n) is 8.67. The first-order valence-electron chi connectivity index (χ1n) is 4.86. The lowest BCUT2D eigenvalue weighted by molar-refractivity contribution is -0.384. The number of hydrogen-bond acceptors (Lipinski definition) is 4. The zero-order chi connectivity index (χ0) is 11.5. The number of nitrogens with one attached hydrogen (secondary N) is 1. The average molecular weight is 218 g/mol. The van der Waals surface area contributed by atoms with E-state index >= 15 is 0 Å². The van der Waals surface area contributed by atoms with E-state index < -0.39 is 4.92 Å². The molecule has 0 aromatic carbocycles. The minimum absolute atomic E-state index is 0.0375. The highest BCUT2D eigenvalue weighted by molar-refractivity contribution is 5.70. The molecule has 0 unspecified atom stereocenters. The van der Waals surface area contributed by atoms with Gasteiger partial charge in [-0.05, 0) is 18.6 Å². The first-order chi connectivity index (χ1) is 7.74. The van der Waals surface area contributed by atoms with Gasteiger partial charge in [-0.25, -0.2) is 0 Å². The second-order valence-electron chi connectivity index (χ2n) is 3.25. The molecule has 2 heterocycles. The van der Waals surface area contributed by atoms with Gasteiger partial charge in [-0.2, -0.15) is 5.10 Å². The molecule has 0 aliphatic carbocycles. The second kappa shape index (κ2) is 4.09. The fourth-order valence-corrected chi connectivity index (χ4v) is 1.52. The van der Waals surface area contributed by atoms with Crippen LogP contribution in [0.15, 0.2) is 24.5 Å². The second-order valence-corrected chi connectivity index (χ2v) is 3.25. The van der Waals surface area contributed by atoms with E-state index in [0.717, 1.165) is 0 Å². The Bertz CT molecular complexity index is 507. The molecule has 0 amide bonds. The molecule has 0 saturated heterocycles. The van der Waals surface area contributed by atoms with Gasteiger partial charge in [0.25, 0.3) is 0 Å². The number of aromatic amines is 1. The van der Waals surface area contributed by atoms with Crippen LogP contribution >= 0.6 is 0 Å². The summed E-state index contributed by atoms with van der Waals surface area (Å²) >= 11 is 0. The van der Waals surface area contributed by atoms with Gasteiger partial charge < -0.3 is 0 Å². The quantitative estimate of drug-likeness (QED) is 0.630. The lowest BCUT2D eigenvalue weighted by Gasteiger charge is -1.95. The molecule has 0 aliphatic rings. The van der Waals surface area contributed by atoms with E-state index in [1.165, 1.54) is 0 Å². The molecule has 2 aromatic heterocycles. The summed E-state index contributed by atoms with van der Waals surface area (Å²) in [6.07, 6.45) is 3.72. The van der Waals surface area contributed by atoms with Crippen LogP contribution in [0.3, 0.4) is 0 Å². The summed E-state index contributed by atoms with van der Waals surface area (Å²) in [4.78, 5) is 14.5. The van der Waals surface area contributed by atoms with Gasteiger partial charge in [0.15, 0.2) is 5.69 Å². The Labute approximate surface area is 91.5 Å². The van der Waals surface area contributed by atoms with Crippen LogP contribution in [0.1, 0.15) is 12.6 Å². The minimum atomic E-state index is -0.412. The molecule has 0 spiro atoms. The number of aryl methyl sites for hydroxylation is 1. The molecular formula is C10H10N4O2. The third-order valence-corrected chi connectivity index (χ3v) is 2.28. The standard InChI is InChI=1S/C10H10N4O2/c1-2-8-10(14(15)16)9(13-12-8)7-4-3-5-11-6-7/h3-6H,2H2,1H3,(H,12,13). The van der Waals surface area contributed by atoms with Crippen LogP contribution in [0.2, 0.25) is 0 Å². The third-order valence-electron chi connectivity index (χ3n) is 2.28. The van der Waals surface area contributed by atoms with Crippen LogP contribution < -0.4 is 0 Å². The maximum Gasteiger partial charge on any atom is 0.317 e. The molecule has 0 aliphatic heterocycles. The van der Waals surface area contributed by atoms with E-state index in [1.54, 1.807) is 24.5 Å². The van der Waals surface area contributed by atoms with Gasteiger partial charge in [-0.3, -0.25) is 20.2 Å². The highest BCUT2D eigenvalue weighted by atomic mass is 16.6. The summed E-state index contributed by atoms with van der Waals surface area (Å²) in [6, 6.07) is 3.47. The first kappa shape index (κ1) is 10.3. The number of H-pyrrole nitrogens is 1. The van der Waals surface area contributed by atoms with Gasteiger partial charge in [-0.15, -0.1) is 0 Å². The van der Waals surface area contributed by atoms with Crippen molar-refractivity contribution < 1.29 is 4.92 Å². The lowest BCUT2D eigenvalue weighted by Crippen LogP contribution is -1.93. The lowest BCUT2D eigenvalue weighted by atomic mass is 10.1. The predicted octanol–water partition coefficient (Wildman–Crippen LogP) is 1.94. The Kier molecular flexibility index (Phi) is 2.63. The molecular weight excluding hydrogens is 208 g/mol. The zero-order valence-corrected chi connectivity index (χ0v) is 8.67. The van der Waals surface area contributed by atoms with Gasteiger partial charge >= 0.3 is 5.69 Å². The van der Waals surface area contributed by atoms with Gasteiger partial charge in [0.1, 0.15) is 5.69 Å². The van der Waals surface area contributed by atoms with E-state index in [4.69, 9.17) is 0 Å². The molecule has 0 bridgehead atoms. The Hall–Kier alpha value is -2.24. The number of pyridine rings is 1. The third kappa shape index (κ3) is 1.65. The van der Waals surface area contributed by atoms with Crippen molar-refractivity contribution in [1.82, 2.24) is 15.2 Å². The van der Waals surface area contributed by atoms with Crippen molar-refractivity contribution in [3.8, 4) is 11.3 Å². The van der Waals surface area contributed by atoms with Crippen LogP contribution in [-0.4, -0.2) is 20.1 Å². The fourth-order valence-electron chi connectivity index (χ4n) is 1.52. The van der Waals surface area contributed by atoms with Crippen LogP contribution in [0.5, 0.6) is 0 Å². The maximum atomic E-state index is 11.0. The maximum absolute atomic E-state index is 11.0. The Morgan fingerprint density at radius 2 is 2.38 bits per heavy atom. The normalized spacial score (nSPS) is 10.3. The first-order valence-corrected chi connectivity index (χ1v) is 4.86. The van der Waals surface area contributed by atoms with Crippen molar-refractivity contribution in [1.29, 1.82) is 0 Å². The number of aromatic nitrogens is 3. The molecule has 6 nitrogen and oxygen atoms in total. The summed E-state index contributed by atoms with van der Waals surface area (Å²) in [5.74, 6) is 0. The number of rotatable bonds is 3. The van der Waals surface area contributed by atoms with E-state index in [-0.39, 0.29) is 5.69 Å². The van der Waals surface area contributed by atoms with E-state index in [1.807, 2.05) is 6.92 Å². The topological polar surface area (TPSA) is 84.7 Å². The summed E-state index contributed by atoms with van der Waals surface area (Å²) in [6.45, 7) is 1.84. The molecule has 0 fully saturated rings. The van der Waals surface area contributed by atoms with Crippen molar-refractivity contribution in [2.24, 2.45) is 0 Å². The van der Waals surface area contributed by atoms with Crippen molar-refractivity contribution >= 4 is 5.69 Å². The van der Waals surface area contributed by atoms with E-state index in [0.29, 0.717) is 23.4 Å². The number of nitro groups is 1. The van der Waals surface area contributed by atoms with Crippen molar-refractivity contribution in [2.45, 2.75) is 13.3 Å². The van der Waals surface area contributed by atoms with Crippen LogP contribution in [-0.2, 0) is 6.42 Å². The Morgan fingerprint density at radius 3 is 2.94 bits per heavy atom. The molecule has 82 valence electrons. The highest BCUT2D eigenvalue weighted by Crippen LogP contribution is 2.30. The summed E-state index contributed by atoms with van der Waals surface area (Å²) in [7, 11) is 0. The average Bonchev–Trinajstić information content (AvgIpc) is 2.73. The molecule has 2 aromatic rings. The minimum Gasteiger partial charge on any atom is -0.275 e. The van der Waals surface area contributed by atoms with E-state index in [9.17, 15) is 10.1 Å². The smallest absolute Gasteiger partial charge is 0.275 e. The predicted molar refractivity (Wildman–Crippen MR) is 57.9 cm³/mol. The molecule has 1 N–H and O–H groups in total. The van der Waals surface area contributed by atoms with Crippen molar-refractivity contribution in [3.63, 3.8) is 0 Å². The van der Waals surface area contributed by atoms with Gasteiger partial charge in [0.2, 0.25) is 0 Å². The number of nitrogens with zero attached hydrogens (tertiary/aromatic N) is 3. The molecule has 6 heteroatoms. The van der Waals surface area contributed by atoms with Gasteiger partial charge in [-0.1, -0.05) is 6.92 Å². The van der Waals surface area contributed by atoms with Crippen LogP contribution in [0.4, 0.5) is 5.69 Å². The summed E-state index contributed by atoms with van der Waals surface area (Å²) in [5, 5.41) is 17.6. The van der Waals surface area contributed by atoms with Gasteiger partial charge in [0, 0.05) is 18.0 Å². The molecule has 16 heavy (non-hydrogen) atoms. The molecule has 0 atom stereocenters. The summed E-state index contributed by atoms with van der Waals surface area (Å²) in [5.41, 5.74) is 1.56. The molecule has 2 rings (SSSR count). The van der Waals surface area contributed by atoms with Crippen molar-refractivity contribution in [2.75, 3.05) is 0 Å². The Balaban J connectivity index is 2.58. The molecule has 0 saturated carbocycles. The largest absolute Gasteiger partial charge is 0.317 e. The van der Waals surface area contributed by atoms with Gasteiger partial charge in [0.05, 0.1) is 4.92 Å². The van der Waals surface area contributed by atoms with E-state index in [2.05, 4.69) is 15.2 Å².